The third-order valence-corrected chi connectivity index (χ3v) is 6.64. The summed E-state index contributed by atoms with van der Waals surface area (Å²) in [5.41, 5.74) is 9.09. The van der Waals surface area contributed by atoms with Gasteiger partial charge in [-0.2, -0.15) is 0 Å². The monoisotopic (exact) mass is 450 g/mol. The number of aliphatic hydroxyl groups excluding tert-OH is 1. The van der Waals surface area contributed by atoms with E-state index < -0.39 is 6.04 Å². The van der Waals surface area contributed by atoms with Gasteiger partial charge >= 0.3 is 0 Å². The fraction of sp³-hybridized carbons (Fsp3) is 0.667. The number of nitrogens with one attached hydrogen (secondary N) is 1. The molecular formula is C24H38N2O2S2. The zero-order chi connectivity index (χ0) is 22.5. The first-order valence-corrected chi connectivity index (χ1v) is 11.9. The van der Waals surface area contributed by atoms with Crippen LogP contribution in [0, 0.1) is 10.8 Å². The SMILES string of the molecule is CCCc1cccc(OC(=S)C(N)C2(C)CC(NC(O)=S)CC(C)(C)C2)c1CCC. The Balaban J connectivity index is 2.24. The lowest BCUT2D eigenvalue weighted by Crippen LogP contribution is -2.55. The first-order chi connectivity index (χ1) is 14.0. The van der Waals surface area contributed by atoms with Gasteiger partial charge in [0.1, 0.15) is 5.75 Å². The summed E-state index contributed by atoms with van der Waals surface area (Å²) in [6.45, 7) is 11.0. The molecule has 0 aromatic heterocycles. The lowest BCUT2D eigenvalue weighted by Gasteiger charge is -2.49. The van der Waals surface area contributed by atoms with Crippen LogP contribution in [0.3, 0.4) is 0 Å². The first-order valence-electron chi connectivity index (χ1n) is 11.1. The zero-order valence-corrected chi connectivity index (χ0v) is 20.7. The van der Waals surface area contributed by atoms with Crippen molar-refractivity contribution in [2.75, 3.05) is 0 Å². The molecule has 30 heavy (non-hydrogen) atoms. The number of benzene rings is 1. The summed E-state index contributed by atoms with van der Waals surface area (Å²) in [7, 11) is 0. The van der Waals surface area contributed by atoms with E-state index in [1.54, 1.807) is 0 Å². The van der Waals surface area contributed by atoms with E-state index in [4.69, 9.17) is 34.9 Å². The van der Waals surface area contributed by atoms with Gasteiger partial charge in [0.25, 0.3) is 5.17 Å². The third-order valence-electron chi connectivity index (χ3n) is 6.19. The Labute approximate surface area is 193 Å². The molecule has 1 saturated carbocycles. The molecule has 6 heteroatoms. The van der Waals surface area contributed by atoms with E-state index in [-0.39, 0.29) is 22.0 Å². The number of ether oxygens (including phenoxy) is 1. The minimum atomic E-state index is -0.395. The number of aryl methyl sites for hydroxylation is 1. The van der Waals surface area contributed by atoms with Gasteiger partial charge in [-0.3, -0.25) is 0 Å². The highest BCUT2D eigenvalue weighted by molar-refractivity contribution is 7.80. The Kier molecular flexibility index (Phi) is 8.66. The summed E-state index contributed by atoms with van der Waals surface area (Å²) in [6.07, 6.45) is 6.77. The molecular weight excluding hydrogens is 412 g/mol. The van der Waals surface area contributed by atoms with E-state index in [0.717, 1.165) is 50.7 Å². The van der Waals surface area contributed by atoms with Crippen molar-refractivity contribution in [1.29, 1.82) is 0 Å². The fourth-order valence-corrected chi connectivity index (χ4v) is 5.79. The second-order valence-corrected chi connectivity index (χ2v) is 10.6. The van der Waals surface area contributed by atoms with Crippen LogP contribution in [0.5, 0.6) is 5.75 Å². The molecule has 1 aliphatic carbocycles. The van der Waals surface area contributed by atoms with Crippen LogP contribution >= 0.6 is 24.4 Å². The predicted octanol–water partition coefficient (Wildman–Crippen LogP) is 5.64. The van der Waals surface area contributed by atoms with Gasteiger partial charge in [-0.05, 0) is 84.6 Å². The van der Waals surface area contributed by atoms with Crippen LogP contribution in [0.15, 0.2) is 18.2 Å². The molecule has 4 nitrogen and oxygen atoms in total. The van der Waals surface area contributed by atoms with Crippen LogP contribution in [-0.4, -0.2) is 27.4 Å². The smallest absolute Gasteiger partial charge is 0.254 e. The van der Waals surface area contributed by atoms with E-state index in [2.05, 4.69) is 46.0 Å². The number of thiocarbonyl (C=S) groups is 2. The maximum atomic E-state index is 9.58. The predicted molar refractivity (Wildman–Crippen MR) is 134 cm³/mol. The summed E-state index contributed by atoms with van der Waals surface area (Å²) < 4.78 is 6.26. The molecule has 2 rings (SSSR count). The maximum absolute atomic E-state index is 9.58. The highest BCUT2D eigenvalue weighted by Gasteiger charge is 2.46. The largest absolute Gasteiger partial charge is 0.487 e. The second-order valence-electron chi connectivity index (χ2n) is 9.84. The molecule has 1 aliphatic rings. The molecule has 0 radical (unpaired) electrons. The Morgan fingerprint density at radius 1 is 1.20 bits per heavy atom. The van der Waals surface area contributed by atoms with Crippen molar-refractivity contribution >= 4 is 34.7 Å². The van der Waals surface area contributed by atoms with Crippen molar-refractivity contribution in [2.45, 2.75) is 91.6 Å². The number of rotatable bonds is 8. The summed E-state index contributed by atoms with van der Waals surface area (Å²) in [6, 6.07) is 5.90. The molecule has 0 bridgehead atoms. The topological polar surface area (TPSA) is 67.5 Å². The maximum Gasteiger partial charge on any atom is 0.254 e. The van der Waals surface area contributed by atoms with Crippen LogP contribution in [0.1, 0.15) is 77.8 Å². The summed E-state index contributed by atoms with van der Waals surface area (Å²) in [5.74, 6) is 0.841. The molecule has 0 spiro atoms. The Hall–Kier alpha value is -1.24. The Morgan fingerprint density at radius 2 is 1.87 bits per heavy atom. The van der Waals surface area contributed by atoms with E-state index >= 15 is 0 Å². The molecule has 3 atom stereocenters. The van der Waals surface area contributed by atoms with Crippen LogP contribution in [-0.2, 0) is 12.8 Å². The molecule has 4 N–H and O–H groups in total. The molecule has 0 saturated heterocycles. The van der Waals surface area contributed by atoms with Crippen LogP contribution in [0.25, 0.3) is 0 Å². The van der Waals surface area contributed by atoms with Crippen molar-refractivity contribution in [1.82, 2.24) is 5.32 Å². The lowest BCUT2D eigenvalue weighted by molar-refractivity contribution is 0.0678. The van der Waals surface area contributed by atoms with Crippen molar-refractivity contribution in [3.63, 3.8) is 0 Å². The van der Waals surface area contributed by atoms with Gasteiger partial charge in [-0.1, -0.05) is 59.6 Å². The van der Waals surface area contributed by atoms with Gasteiger partial charge in [0.2, 0.25) is 0 Å². The van der Waals surface area contributed by atoms with E-state index in [1.165, 1.54) is 11.1 Å². The molecule has 3 unspecified atom stereocenters. The van der Waals surface area contributed by atoms with Crippen molar-refractivity contribution < 1.29 is 9.84 Å². The number of hydrogen-bond donors (Lipinski definition) is 3. The van der Waals surface area contributed by atoms with Gasteiger partial charge in [-0.25, -0.2) is 0 Å². The van der Waals surface area contributed by atoms with Crippen molar-refractivity contribution in [2.24, 2.45) is 16.6 Å². The number of nitrogens with two attached hydrogens (primary N) is 1. The van der Waals surface area contributed by atoms with Crippen LogP contribution in [0.4, 0.5) is 0 Å². The zero-order valence-electron chi connectivity index (χ0n) is 19.1. The molecule has 0 aliphatic heterocycles. The Morgan fingerprint density at radius 3 is 2.47 bits per heavy atom. The minimum absolute atomic E-state index is 0.0527. The summed E-state index contributed by atoms with van der Waals surface area (Å²) >= 11 is 10.6. The average molecular weight is 451 g/mol. The van der Waals surface area contributed by atoms with Crippen LogP contribution < -0.4 is 15.8 Å². The average Bonchev–Trinajstić information content (AvgIpc) is 2.61. The highest BCUT2D eigenvalue weighted by atomic mass is 32.1. The highest BCUT2D eigenvalue weighted by Crippen LogP contribution is 2.48. The van der Waals surface area contributed by atoms with Gasteiger partial charge in [0.15, 0.2) is 5.05 Å². The third kappa shape index (κ3) is 6.38. The van der Waals surface area contributed by atoms with Crippen LogP contribution in [0.2, 0.25) is 0 Å². The number of aliphatic hydroxyl groups is 1. The van der Waals surface area contributed by atoms with E-state index in [0.29, 0.717) is 5.05 Å². The quantitative estimate of drug-likeness (QED) is 0.445. The molecule has 168 valence electrons. The van der Waals surface area contributed by atoms with Gasteiger partial charge in [-0.15, -0.1) is 0 Å². The fourth-order valence-electron chi connectivity index (χ4n) is 5.25. The first kappa shape index (κ1) is 25.0. The summed E-state index contributed by atoms with van der Waals surface area (Å²) in [4.78, 5) is 0. The van der Waals surface area contributed by atoms with E-state index in [9.17, 15) is 5.11 Å². The molecule has 0 heterocycles. The summed E-state index contributed by atoms with van der Waals surface area (Å²) in [5, 5.41) is 12.9. The number of hydrogen-bond acceptors (Lipinski definition) is 4. The van der Waals surface area contributed by atoms with E-state index in [1.807, 2.05) is 12.1 Å². The molecule has 1 aromatic rings. The minimum Gasteiger partial charge on any atom is -0.487 e. The standard InChI is InChI=1S/C24H38N2O2S2/c1-6-9-16-11-8-12-19(18(16)10-7-2)28-21(29)20(25)24(5)14-17(26-22(27)30)13-23(3,4)15-24/h8,11-12,17,20H,6-7,9-10,13-15,25H2,1-5H3,(H2,26,27,30). The Bertz CT molecular complexity index is 766. The van der Waals surface area contributed by atoms with Crippen molar-refractivity contribution in [3.8, 4) is 5.75 Å². The normalized spacial score (nSPS) is 24.1. The van der Waals surface area contributed by atoms with Crippen molar-refractivity contribution in [3.05, 3.63) is 29.3 Å². The van der Waals surface area contributed by atoms with Gasteiger partial charge < -0.3 is 20.9 Å². The molecule has 0 amide bonds. The van der Waals surface area contributed by atoms with Gasteiger partial charge in [0, 0.05) is 6.04 Å². The second kappa shape index (κ2) is 10.4. The molecule has 1 fully saturated rings. The molecule has 1 aromatic carbocycles. The lowest BCUT2D eigenvalue weighted by atomic mass is 9.60. The van der Waals surface area contributed by atoms with Gasteiger partial charge in [0.05, 0.1) is 6.04 Å².